The van der Waals surface area contributed by atoms with Crippen molar-refractivity contribution < 1.29 is 22.8 Å². The summed E-state index contributed by atoms with van der Waals surface area (Å²) >= 11 is 0. The summed E-state index contributed by atoms with van der Waals surface area (Å²) < 4.78 is 38.5. The first kappa shape index (κ1) is 20.1. The second-order valence-corrected chi connectivity index (χ2v) is 10.4. The molecule has 2 amide bonds. The lowest BCUT2D eigenvalue weighted by Gasteiger charge is -2.36. The molecule has 32 heavy (non-hydrogen) atoms. The summed E-state index contributed by atoms with van der Waals surface area (Å²) in [5, 5.41) is 5.00. The van der Waals surface area contributed by atoms with E-state index in [0.29, 0.717) is 29.0 Å². The van der Waals surface area contributed by atoms with E-state index in [1.165, 1.54) is 32.1 Å². The van der Waals surface area contributed by atoms with Crippen LogP contribution in [0.25, 0.3) is 5.65 Å². The zero-order valence-corrected chi connectivity index (χ0v) is 17.5. The second-order valence-electron chi connectivity index (χ2n) is 10.4. The maximum Gasteiger partial charge on any atom is 0.405 e. The SMILES string of the molecule is O=C(Cc1cn2c(C(=O)NCC34CC5CC5C5(CC5C3)C4)cccc2n1)NCC(F)(F)F. The van der Waals surface area contributed by atoms with E-state index in [1.54, 1.807) is 28.8 Å². The highest BCUT2D eigenvalue weighted by molar-refractivity contribution is 5.93. The normalized spacial score (nSPS) is 34.0. The van der Waals surface area contributed by atoms with Gasteiger partial charge >= 0.3 is 6.18 Å². The van der Waals surface area contributed by atoms with Crippen molar-refractivity contribution in [3.8, 4) is 0 Å². The largest absolute Gasteiger partial charge is 0.405 e. The number of aromatic nitrogens is 2. The highest BCUT2D eigenvalue weighted by Gasteiger charge is 2.76. The Morgan fingerprint density at radius 3 is 2.84 bits per heavy atom. The predicted octanol–water partition coefficient (Wildman–Crippen LogP) is 3.11. The molecule has 9 heteroatoms. The van der Waals surface area contributed by atoms with Crippen molar-refractivity contribution in [3.05, 3.63) is 35.8 Å². The van der Waals surface area contributed by atoms with Crippen LogP contribution < -0.4 is 10.6 Å². The van der Waals surface area contributed by atoms with Gasteiger partial charge in [-0.15, -0.1) is 0 Å². The van der Waals surface area contributed by atoms with Crippen LogP contribution in [-0.4, -0.2) is 40.5 Å². The van der Waals surface area contributed by atoms with Gasteiger partial charge in [0, 0.05) is 12.7 Å². The third-order valence-electron chi connectivity index (χ3n) is 8.25. The highest BCUT2D eigenvalue weighted by atomic mass is 19.4. The Kier molecular flexibility index (Phi) is 4.06. The van der Waals surface area contributed by atoms with Crippen LogP contribution in [0.4, 0.5) is 13.2 Å². The number of pyridine rings is 1. The van der Waals surface area contributed by atoms with E-state index in [0.717, 1.165) is 17.8 Å². The summed E-state index contributed by atoms with van der Waals surface area (Å²) in [6.45, 7) is -0.691. The van der Waals surface area contributed by atoms with Crippen molar-refractivity contribution >= 4 is 17.5 Å². The molecule has 2 bridgehead atoms. The number of hydrogen-bond donors (Lipinski definition) is 2. The molecule has 5 unspecified atom stereocenters. The molecule has 4 aliphatic carbocycles. The number of imidazole rings is 1. The van der Waals surface area contributed by atoms with Gasteiger partial charge in [0.25, 0.3) is 5.91 Å². The number of nitrogens with one attached hydrogen (secondary N) is 2. The summed E-state index contributed by atoms with van der Waals surface area (Å²) in [5.41, 5.74) is 2.04. The van der Waals surface area contributed by atoms with Gasteiger partial charge in [-0.05, 0) is 72.8 Å². The fraction of sp³-hybridized carbons (Fsp3) is 0.609. The molecule has 6 rings (SSSR count). The van der Waals surface area contributed by atoms with Gasteiger partial charge < -0.3 is 10.6 Å². The average Bonchev–Trinajstić information content (AvgIpc) is 3.56. The molecule has 0 aromatic carbocycles. The van der Waals surface area contributed by atoms with Crippen molar-refractivity contribution in [2.75, 3.05) is 13.1 Å². The first-order valence-electron chi connectivity index (χ1n) is 11.3. The number of rotatable bonds is 6. The second kappa shape index (κ2) is 6.48. The molecular formula is C23H25F3N4O2. The van der Waals surface area contributed by atoms with E-state index in [9.17, 15) is 22.8 Å². The summed E-state index contributed by atoms with van der Waals surface area (Å²) in [5.74, 6) is 1.71. The van der Waals surface area contributed by atoms with Crippen molar-refractivity contribution in [1.29, 1.82) is 0 Å². The summed E-state index contributed by atoms with van der Waals surface area (Å²) in [6.07, 6.45) is 3.27. The molecule has 2 N–H and O–H groups in total. The van der Waals surface area contributed by atoms with E-state index in [1.807, 2.05) is 5.32 Å². The number of carbonyl (C=O) groups is 2. The van der Waals surface area contributed by atoms with Crippen LogP contribution in [0.5, 0.6) is 0 Å². The van der Waals surface area contributed by atoms with Crippen molar-refractivity contribution in [1.82, 2.24) is 20.0 Å². The fourth-order valence-electron chi connectivity index (χ4n) is 6.98. The van der Waals surface area contributed by atoms with Crippen LogP contribution in [0.15, 0.2) is 24.4 Å². The first-order valence-corrected chi connectivity index (χ1v) is 11.3. The summed E-state index contributed by atoms with van der Waals surface area (Å²) in [7, 11) is 0. The molecule has 5 atom stereocenters. The number of halogens is 3. The maximum atomic E-state index is 13.0. The van der Waals surface area contributed by atoms with E-state index in [2.05, 4.69) is 10.3 Å². The first-order chi connectivity index (χ1) is 15.2. The number of alkyl halides is 3. The van der Waals surface area contributed by atoms with E-state index >= 15 is 0 Å². The van der Waals surface area contributed by atoms with Crippen LogP contribution in [-0.2, 0) is 11.2 Å². The molecular weight excluding hydrogens is 421 g/mol. The van der Waals surface area contributed by atoms with Crippen LogP contribution in [0.1, 0.15) is 48.3 Å². The van der Waals surface area contributed by atoms with E-state index in [4.69, 9.17) is 0 Å². The Hall–Kier alpha value is -2.58. The molecule has 4 fully saturated rings. The van der Waals surface area contributed by atoms with Crippen LogP contribution in [0.3, 0.4) is 0 Å². The fourth-order valence-corrected chi connectivity index (χ4v) is 6.98. The van der Waals surface area contributed by atoms with Crippen molar-refractivity contribution in [3.63, 3.8) is 0 Å². The molecule has 0 radical (unpaired) electrons. The van der Waals surface area contributed by atoms with E-state index < -0.39 is 18.6 Å². The molecule has 4 saturated carbocycles. The van der Waals surface area contributed by atoms with Crippen molar-refractivity contribution in [2.24, 2.45) is 28.6 Å². The number of amides is 2. The maximum absolute atomic E-state index is 13.0. The van der Waals surface area contributed by atoms with Gasteiger partial charge in [0.05, 0.1) is 12.1 Å². The Balaban J connectivity index is 1.13. The van der Waals surface area contributed by atoms with Gasteiger partial charge in [-0.2, -0.15) is 13.2 Å². The standard InChI is InChI=1S/C23H25F3N4O2/c24-23(25,26)12-27-19(31)5-15-9-30-17(2-1-3-18(30)29-15)20(32)28-11-21-6-13-4-16(13)22(10-21)8-14(22)7-21/h1-3,9,13-14,16H,4-8,10-12H2,(H,27,31)(H,28,32). The molecule has 0 aliphatic heterocycles. The molecule has 2 heterocycles. The molecule has 2 aromatic heterocycles. The zero-order chi connectivity index (χ0) is 22.3. The molecule has 2 aromatic rings. The topological polar surface area (TPSA) is 75.5 Å². The number of nitrogens with zero attached hydrogens (tertiary/aromatic N) is 2. The Labute approximate surface area is 183 Å². The lowest BCUT2D eigenvalue weighted by atomic mass is 9.71. The Morgan fingerprint density at radius 1 is 1.19 bits per heavy atom. The van der Waals surface area contributed by atoms with Crippen LogP contribution in [0.2, 0.25) is 0 Å². The monoisotopic (exact) mass is 446 g/mol. The van der Waals surface area contributed by atoms with Gasteiger partial charge in [-0.25, -0.2) is 4.98 Å². The number of fused-ring (bicyclic) bond motifs is 3. The van der Waals surface area contributed by atoms with Gasteiger partial charge in [0.15, 0.2) is 0 Å². The van der Waals surface area contributed by atoms with E-state index in [-0.39, 0.29) is 17.7 Å². The number of carbonyl (C=O) groups excluding carboxylic acids is 2. The lowest BCUT2D eigenvalue weighted by molar-refractivity contribution is -0.138. The minimum atomic E-state index is -4.46. The highest BCUT2D eigenvalue weighted by Crippen LogP contribution is 2.83. The smallest absolute Gasteiger partial charge is 0.350 e. The zero-order valence-electron chi connectivity index (χ0n) is 17.5. The van der Waals surface area contributed by atoms with Gasteiger partial charge in [0.1, 0.15) is 17.9 Å². The van der Waals surface area contributed by atoms with Gasteiger partial charge in [-0.1, -0.05) is 6.07 Å². The molecule has 6 nitrogen and oxygen atoms in total. The lowest BCUT2D eigenvalue weighted by Crippen LogP contribution is -2.40. The van der Waals surface area contributed by atoms with Crippen molar-refractivity contribution in [2.45, 2.75) is 44.7 Å². The molecule has 1 spiro atoms. The third-order valence-corrected chi connectivity index (χ3v) is 8.25. The molecule has 170 valence electrons. The Morgan fingerprint density at radius 2 is 2.03 bits per heavy atom. The van der Waals surface area contributed by atoms with Gasteiger partial charge in [-0.3, -0.25) is 14.0 Å². The van der Waals surface area contributed by atoms with Gasteiger partial charge in [0.2, 0.25) is 5.91 Å². The predicted molar refractivity (Wildman–Crippen MR) is 109 cm³/mol. The van der Waals surface area contributed by atoms with Crippen LogP contribution >= 0.6 is 0 Å². The minimum Gasteiger partial charge on any atom is -0.350 e. The Bertz CT molecular complexity index is 1120. The summed E-state index contributed by atoms with van der Waals surface area (Å²) in [4.78, 5) is 29.2. The third kappa shape index (κ3) is 3.28. The quantitative estimate of drug-likeness (QED) is 0.716. The van der Waals surface area contributed by atoms with Crippen LogP contribution in [0, 0.1) is 28.6 Å². The number of hydrogen-bond acceptors (Lipinski definition) is 3. The molecule has 4 aliphatic rings. The average molecular weight is 446 g/mol. The molecule has 0 saturated heterocycles. The summed E-state index contributed by atoms with van der Waals surface area (Å²) in [6, 6.07) is 5.12. The minimum absolute atomic E-state index is 0.192.